The lowest BCUT2D eigenvalue weighted by molar-refractivity contribution is -0.384. The number of nitrogens with zero attached hydrogens (tertiary/aromatic N) is 4. The second kappa shape index (κ2) is 8.34. The Bertz CT molecular complexity index is 1150. The van der Waals surface area contributed by atoms with Gasteiger partial charge in [-0.15, -0.1) is 11.3 Å². The molecule has 29 heavy (non-hydrogen) atoms. The van der Waals surface area contributed by atoms with Crippen LogP contribution in [-0.4, -0.2) is 33.2 Å². The van der Waals surface area contributed by atoms with E-state index >= 15 is 0 Å². The third kappa shape index (κ3) is 4.03. The van der Waals surface area contributed by atoms with Gasteiger partial charge in [0.05, 0.1) is 16.1 Å². The van der Waals surface area contributed by atoms with Gasteiger partial charge in [0.1, 0.15) is 4.83 Å². The van der Waals surface area contributed by atoms with Crippen LogP contribution in [0.5, 0.6) is 0 Å². The van der Waals surface area contributed by atoms with E-state index in [-0.39, 0.29) is 22.9 Å². The maximum atomic E-state index is 12.9. The Balaban J connectivity index is 1.81. The van der Waals surface area contributed by atoms with Gasteiger partial charge in [0.2, 0.25) is 5.91 Å². The monoisotopic (exact) mass is 432 g/mol. The van der Waals surface area contributed by atoms with Crippen molar-refractivity contribution in [1.29, 1.82) is 0 Å². The third-order valence-electron chi connectivity index (χ3n) is 4.72. The molecule has 0 atom stereocenters. The fraction of sp³-hybridized carbons (Fsp3) is 0.316. The minimum Gasteiger partial charge on any atom is -0.315 e. The standard InChI is InChI=1S/C19H20N4O4S2/c1-5-22-18(25)16-11(2)12(3)29-17(16)20-19(22)28-10-15(24)21(4)13-6-8-14(9-7-13)23(26)27/h6-9H,5,10H2,1-4H3. The van der Waals surface area contributed by atoms with Gasteiger partial charge in [-0.05, 0) is 38.5 Å². The first kappa shape index (κ1) is 21.0. The minimum atomic E-state index is -0.485. The lowest BCUT2D eigenvalue weighted by atomic mass is 10.2. The van der Waals surface area contributed by atoms with E-state index in [4.69, 9.17) is 0 Å². The van der Waals surface area contributed by atoms with Crippen molar-refractivity contribution in [2.75, 3.05) is 17.7 Å². The summed E-state index contributed by atoms with van der Waals surface area (Å²) in [4.78, 5) is 43.6. The molecule has 1 aromatic carbocycles. The topological polar surface area (TPSA) is 98.3 Å². The lowest BCUT2D eigenvalue weighted by Crippen LogP contribution is -2.29. The number of thiophene rings is 1. The van der Waals surface area contributed by atoms with Gasteiger partial charge in [-0.2, -0.15) is 0 Å². The maximum Gasteiger partial charge on any atom is 0.269 e. The first-order valence-corrected chi connectivity index (χ1v) is 10.7. The molecule has 0 N–H and O–H groups in total. The van der Waals surface area contributed by atoms with Gasteiger partial charge < -0.3 is 4.90 Å². The molecule has 3 aromatic rings. The maximum absolute atomic E-state index is 12.9. The summed E-state index contributed by atoms with van der Waals surface area (Å²) in [5.74, 6) is -0.103. The number of carbonyl (C=O) groups is 1. The molecule has 0 aliphatic heterocycles. The van der Waals surface area contributed by atoms with Crippen molar-refractivity contribution in [3.63, 3.8) is 0 Å². The fourth-order valence-electron chi connectivity index (χ4n) is 2.86. The van der Waals surface area contributed by atoms with E-state index in [0.29, 0.717) is 27.6 Å². The van der Waals surface area contributed by atoms with Gasteiger partial charge in [-0.1, -0.05) is 11.8 Å². The number of anilines is 1. The largest absolute Gasteiger partial charge is 0.315 e. The molecule has 0 fully saturated rings. The number of aromatic nitrogens is 2. The number of nitro benzene ring substituents is 1. The number of hydrogen-bond acceptors (Lipinski definition) is 7. The SMILES string of the molecule is CCn1c(SCC(=O)N(C)c2ccc([N+](=O)[O-])cc2)nc2sc(C)c(C)c2c1=O. The molecule has 8 nitrogen and oxygen atoms in total. The Labute approximate surface area is 175 Å². The van der Waals surface area contributed by atoms with Gasteiger partial charge in [0.25, 0.3) is 11.2 Å². The molecule has 0 aliphatic rings. The third-order valence-corrected chi connectivity index (χ3v) is 6.78. The highest BCUT2D eigenvalue weighted by Gasteiger charge is 2.18. The van der Waals surface area contributed by atoms with Gasteiger partial charge in [-0.3, -0.25) is 24.3 Å². The number of thioether (sulfide) groups is 1. The summed E-state index contributed by atoms with van der Waals surface area (Å²) in [6, 6.07) is 5.78. The highest BCUT2D eigenvalue weighted by molar-refractivity contribution is 7.99. The van der Waals surface area contributed by atoms with Crippen LogP contribution in [0.4, 0.5) is 11.4 Å². The average molecular weight is 433 g/mol. The molecule has 3 rings (SSSR count). The molecule has 2 heterocycles. The molecule has 0 bridgehead atoms. The molecule has 2 aromatic heterocycles. The lowest BCUT2D eigenvalue weighted by Gasteiger charge is -2.17. The molecule has 0 radical (unpaired) electrons. The van der Waals surface area contributed by atoms with Gasteiger partial charge in [0.15, 0.2) is 5.16 Å². The van der Waals surface area contributed by atoms with Crippen LogP contribution in [0.15, 0.2) is 34.2 Å². The molecule has 10 heteroatoms. The van der Waals surface area contributed by atoms with E-state index in [1.807, 2.05) is 20.8 Å². The molecular weight excluding hydrogens is 412 g/mol. The average Bonchev–Trinajstić information content (AvgIpc) is 2.99. The van der Waals surface area contributed by atoms with E-state index in [1.165, 1.54) is 52.3 Å². The molecule has 0 saturated carbocycles. The minimum absolute atomic E-state index is 0.0324. The van der Waals surface area contributed by atoms with E-state index in [9.17, 15) is 19.7 Å². The van der Waals surface area contributed by atoms with Crippen LogP contribution in [0.1, 0.15) is 17.4 Å². The van der Waals surface area contributed by atoms with Crippen LogP contribution < -0.4 is 10.5 Å². The molecule has 0 unspecified atom stereocenters. The molecule has 0 saturated heterocycles. The molecule has 1 amide bonds. The van der Waals surface area contributed by atoms with Crippen LogP contribution in [0.3, 0.4) is 0 Å². The van der Waals surface area contributed by atoms with Crippen LogP contribution >= 0.6 is 23.1 Å². The van der Waals surface area contributed by atoms with Crippen molar-refractivity contribution in [3.8, 4) is 0 Å². The van der Waals surface area contributed by atoms with Gasteiger partial charge >= 0.3 is 0 Å². The summed E-state index contributed by atoms with van der Waals surface area (Å²) < 4.78 is 1.59. The number of carbonyl (C=O) groups excluding carboxylic acids is 1. The summed E-state index contributed by atoms with van der Waals surface area (Å²) in [5.41, 5.74) is 1.39. The van der Waals surface area contributed by atoms with Crippen molar-refractivity contribution >= 4 is 50.6 Å². The van der Waals surface area contributed by atoms with Crippen LogP contribution in [0.25, 0.3) is 10.2 Å². The Hall–Kier alpha value is -2.72. The van der Waals surface area contributed by atoms with Gasteiger partial charge in [-0.25, -0.2) is 4.98 Å². The fourth-order valence-corrected chi connectivity index (χ4v) is 4.91. The molecule has 0 aliphatic carbocycles. The number of amides is 1. The first-order valence-electron chi connectivity index (χ1n) is 8.89. The number of hydrogen-bond donors (Lipinski definition) is 0. The number of rotatable bonds is 6. The predicted molar refractivity (Wildman–Crippen MR) is 116 cm³/mol. The van der Waals surface area contributed by atoms with Gasteiger partial charge in [0, 0.05) is 36.3 Å². The molecule has 152 valence electrons. The second-order valence-electron chi connectivity index (χ2n) is 6.42. The number of aryl methyl sites for hydroxylation is 2. The van der Waals surface area contributed by atoms with Crippen molar-refractivity contribution < 1.29 is 9.72 Å². The highest BCUT2D eigenvalue weighted by Crippen LogP contribution is 2.28. The normalized spacial score (nSPS) is 11.0. The summed E-state index contributed by atoms with van der Waals surface area (Å²) in [6.07, 6.45) is 0. The van der Waals surface area contributed by atoms with Crippen LogP contribution in [0.2, 0.25) is 0 Å². The smallest absolute Gasteiger partial charge is 0.269 e. The summed E-state index contributed by atoms with van der Waals surface area (Å²) in [6.45, 7) is 6.23. The number of nitro groups is 1. The number of fused-ring (bicyclic) bond motifs is 1. The van der Waals surface area contributed by atoms with E-state index in [1.54, 1.807) is 11.6 Å². The highest BCUT2D eigenvalue weighted by atomic mass is 32.2. The number of benzene rings is 1. The van der Waals surface area contributed by atoms with E-state index < -0.39 is 4.92 Å². The van der Waals surface area contributed by atoms with Crippen molar-refractivity contribution in [3.05, 3.63) is 55.2 Å². The van der Waals surface area contributed by atoms with Crippen LogP contribution in [0, 0.1) is 24.0 Å². The van der Waals surface area contributed by atoms with E-state index in [0.717, 1.165) is 10.4 Å². The van der Waals surface area contributed by atoms with Crippen LogP contribution in [-0.2, 0) is 11.3 Å². The summed E-state index contributed by atoms with van der Waals surface area (Å²) in [5, 5.41) is 11.9. The zero-order valence-corrected chi connectivity index (χ0v) is 18.1. The van der Waals surface area contributed by atoms with Crippen molar-refractivity contribution in [2.45, 2.75) is 32.5 Å². The number of non-ortho nitro benzene ring substituents is 1. The first-order chi connectivity index (χ1) is 13.7. The summed E-state index contributed by atoms with van der Waals surface area (Å²) >= 11 is 2.69. The Morgan fingerprint density at radius 3 is 2.55 bits per heavy atom. The van der Waals surface area contributed by atoms with E-state index in [2.05, 4.69) is 4.98 Å². The van der Waals surface area contributed by atoms with Crippen molar-refractivity contribution in [1.82, 2.24) is 9.55 Å². The molecule has 0 spiro atoms. The Morgan fingerprint density at radius 1 is 1.31 bits per heavy atom. The Kier molecular flexibility index (Phi) is 6.04. The zero-order valence-electron chi connectivity index (χ0n) is 16.5. The quantitative estimate of drug-likeness (QED) is 0.255. The zero-order chi connectivity index (χ0) is 21.3. The predicted octanol–water partition coefficient (Wildman–Crippen LogP) is 3.76. The second-order valence-corrected chi connectivity index (χ2v) is 8.57. The molecular formula is C19H20N4O4S2. The van der Waals surface area contributed by atoms with Crippen molar-refractivity contribution in [2.24, 2.45) is 0 Å². The Morgan fingerprint density at radius 2 is 1.97 bits per heavy atom. The summed E-state index contributed by atoms with van der Waals surface area (Å²) in [7, 11) is 1.61.